The van der Waals surface area contributed by atoms with E-state index in [9.17, 15) is 9.59 Å². The van der Waals surface area contributed by atoms with Crippen LogP contribution in [0.1, 0.15) is 32.0 Å². The van der Waals surface area contributed by atoms with E-state index in [1.165, 1.54) is 6.26 Å². The third kappa shape index (κ3) is 4.76. The average Bonchev–Trinajstić information content (AvgIpc) is 3.28. The molecule has 1 aromatic heterocycles. The summed E-state index contributed by atoms with van der Waals surface area (Å²) in [5, 5.41) is 5.61. The fourth-order valence-corrected chi connectivity index (χ4v) is 2.81. The minimum atomic E-state index is -0.321. The van der Waals surface area contributed by atoms with Crippen LogP contribution >= 0.6 is 0 Å². The molecule has 0 atom stereocenters. The first kappa shape index (κ1) is 20.0. The number of amides is 2. The molecule has 7 nitrogen and oxygen atoms in total. The first-order chi connectivity index (χ1) is 14.0. The van der Waals surface area contributed by atoms with Gasteiger partial charge in [-0.25, -0.2) is 0 Å². The molecule has 3 aromatic rings. The second-order valence-electron chi connectivity index (χ2n) is 6.32. The van der Waals surface area contributed by atoms with Gasteiger partial charge in [0.15, 0.2) is 5.76 Å². The van der Waals surface area contributed by atoms with Gasteiger partial charge in [0.25, 0.3) is 11.8 Å². The van der Waals surface area contributed by atoms with Crippen LogP contribution in [0.5, 0.6) is 11.5 Å². The number of carbonyl (C=O) groups excluding carboxylic acids is 2. The van der Waals surface area contributed by atoms with E-state index in [0.717, 1.165) is 11.1 Å². The first-order valence-electron chi connectivity index (χ1n) is 8.96. The van der Waals surface area contributed by atoms with Crippen molar-refractivity contribution in [3.8, 4) is 11.5 Å². The molecule has 1 heterocycles. The molecule has 0 saturated carbocycles. The van der Waals surface area contributed by atoms with Crippen LogP contribution < -0.4 is 20.1 Å². The Morgan fingerprint density at radius 2 is 1.62 bits per heavy atom. The molecule has 29 heavy (non-hydrogen) atoms. The molecular formula is C22H22N2O5. The first-order valence-corrected chi connectivity index (χ1v) is 8.96. The van der Waals surface area contributed by atoms with Crippen molar-refractivity contribution in [3.63, 3.8) is 0 Å². The molecule has 2 N–H and O–H groups in total. The molecule has 0 aliphatic rings. The number of ether oxygens (including phenoxy) is 2. The smallest absolute Gasteiger partial charge is 0.291 e. The van der Waals surface area contributed by atoms with Crippen molar-refractivity contribution in [2.45, 2.75) is 13.5 Å². The van der Waals surface area contributed by atoms with Crippen molar-refractivity contribution in [2.24, 2.45) is 0 Å². The maximum absolute atomic E-state index is 12.5. The summed E-state index contributed by atoms with van der Waals surface area (Å²) in [7, 11) is 3.10. The molecule has 3 rings (SSSR count). The molecule has 0 aliphatic carbocycles. The molecule has 2 amide bonds. The molecule has 0 saturated heterocycles. The molecular weight excluding hydrogens is 372 g/mol. The second kappa shape index (κ2) is 8.97. The SMILES string of the molecule is COc1cc(C(=O)NCc2ccc(NC(=O)c3ccco3)cc2)cc(OC)c1C. The number of rotatable bonds is 7. The van der Waals surface area contributed by atoms with Crippen molar-refractivity contribution >= 4 is 17.5 Å². The highest BCUT2D eigenvalue weighted by Gasteiger charge is 2.14. The van der Waals surface area contributed by atoms with Gasteiger partial charge in [-0.2, -0.15) is 0 Å². The van der Waals surface area contributed by atoms with E-state index in [-0.39, 0.29) is 17.6 Å². The number of carbonyl (C=O) groups is 2. The summed E-state index contributed by atoms with van der Waals surface area (Å²) in [5.41, 5.74) is 2.81. The predicted molar refractivity (Wildman–Crippen MR) is 109 cm³/mol. The summed E-state index contributed by atoms with van der Waals surface area (Å²) >= 11 is 0. The van der Waals surface area contributed by atoms with Crippen molar-refractivity contribution < 1.29 is 23.5 Å². The van der Waals surface area contributed by atoms with Gasteiger partial charge in [-0.1, -0.05) is 12.1 Å². The minimum absolute atomic E-state index is 0.239. The highest BCUT2D eigenvalue weighted by Crippen LogP contribution is 2.29. The van der Waals surface area contributed by atoms with E-state index in [0.29, 0.717) is 29.3 Å². The van der Waals surface area contributed by atoms with E-state index < -0.39 is 0 Å². The molecule has 7 heteroatoms. The Kier molecular flexibility index (Phi) is 6.19. The summed E-state index contributed by atoms with van der Waals surface area (Å²) in [6.45, 7) is 2.20. The number of hydrogen-bond acceptors (Lipinski definition) is 5. The summed E-state index contributed by atoms with van der Waals surface area (Å²) in [4.78, 5) is 24.5. The zero-order valence-corrected chi connectivity index (χ0v) is 16.4. The van der Waals surface area contributed by atoms with Gasteiger partial charge < -0.3 is 24.5 Å². The molecule has 0 radical (unpaired) electrons. The van der Waals surface area contributed by atoms with Gasteiger partial charge in [-0.15, -0.1) is 0 Å². The molecule has 0 spiro atoms. The Labute approximate surface area is 168 Å². The van der Waals surface area contributed by atoms with Crippen LogP contribution in [0.4, 0.5) is 5.69 Å². The van der Waals surface area contributed by atoms with Gasteiger partial charge in [-0.05, 0) is 48.9 Å². The third-order valence-electron chi connectivity index (χ3n) is 4.42. The Morgan fingerprint density at radius 3 is 2.17 bits per heavy atom. The monoisotopic (exact) mass is 394 g/mol. The van der Waals surface area contributed by atoms with Crippen LogP contribution in [0.3, 0.4) is 0 Å². The lowest BCUT2D eigenvalue weighted by Crippen LogP contribution is -2.23. The molecule has 150 valence electrons. The maximum atomic E-state index is 12.5. The Bertz CT molecular complexity index is 970. The van der Waals surface area contributed by atoms with Gasteiger partial charge in [0.05, 0.1) is 20.5 Å². The van der Waals surface area contributed by atoms with Crippen molar-refractivity contribution in [3.05, 3.63) is 77.2 Å². The lowest BCUT2D eigenvalue weighted by Gasteiger charge is -2.13. The van der Waals surface area contributed by atoms with E-state index in [1.54, 1.807) is 50.6 Å². The number of benzene rings is 2. The summed E-state index contributed by atoms with van der Waals surface area (Å²) < 4.78 is 15.7. The van der Waals surface area contributed by atoms with E-state index in [4.69, 9.17) is 13.9 Å². The zero-order valence-electron chi connectivity index (χ0n) is 16.4. The summed E-state index contributed by atoms with van der Waals surface area (Å²) in [5.74, 6) is 0.859. The van der Waals surface area contributed by atoms with Crippen LogP contribution in [0.2, 0.25) is 0 Å². The highest BCUT2D eigenvalue weighted by atomic mass is 16.5. The van der Waals surface area contributed by atoms with Gasteiger partial charge in [0.2, 0.25) is 0 Å². The Hall–Kier alpha value is -3.74. The molecule has 0 aliphatic heterocycles. The van der Waals surface area contributed by atoms with Crippen LogP contribution in [0, 0.1) is 6.92 Å². The quantitative estimate of drug-likeness (QED) is 0.636. The molecule has 2 aromatic carbocycles. The summed E-state index contributed by atoms with van der Waals surface area (Å²) in [6.07, 6.45) is 1.44. The second-order valence-corrected chi connectivity index (χ2v) is 6.32. The number of hydrogen-bond donors (Lipinski definition) is 2. The fourth-order valence-electron chi connectivity index (χ4n) is 2.81. The predicted octanol–water partition coefficient (Wildman–Crippen LogP) is 3.79. The van der Waals surface area contributed by atoms with E-state index in [2.05, 4.69) is 10.6 Å². The van der Waals surface area contributed by atoms with E-state index in [1.807, 2.05) is 19.1 Å². The van der Waals surface area contributed by atoms with Gasteiger partial charge >= 0.3 is 0 Å². The molecule has 0 unspecified atom stereocenters. The normalized spacial score (nSPS) is 10.3. The van der Waals surface area contributed by atoms with Crippen LogP contribution in [0.25, 0.3) is 0 Å². The van der Waals surface area contributed by atoms with Gasteiger partial charge in [-0.3, -0.25) is 9.59 Å². The third-order valence-corrected chi connectivity index (χ3v) is 4.42. The Morgan fingerprint density at radius 1 is 0.966 bits per heavy atom. The average molecular weight is 394 g/mol. The topological polar surface area (TPSA) is 89.8 Å². The lowest BCUT2D eigenvalue weighted by molar-refractivity contribution is 0.0949. The lowest BCUT2D eigenvalue weighted by atomic mass is 10.1. The van der Waals surface area contributed by atoms with Crippen molar-refractivity contribution in [1.29, 1.82) is 0 Å². The highest BCUT2D eigenvalue weighted by molar-refractivity contribution is 6.02. The van der Waals surface area contributed by atoms with E-state index >= 15 is 0 Å². The summed E-state index contributed by atoms with van der Waals surface area (Å²) in [6, 6.07) is 13.8. The van der Waals surface area contributed by atoms with Crippen LogP contribution in [-0.4, -0.2) is 26.0 Å². The van der Waals surface area contributed by atoms with Crippen molar-refractivity contribution in [2.75, 3.05) is 19.5 Å². The van der Waals surface area contributed by atoms with Gasteiger partial charge in [0.1, 0.15) is 11.5 Å². The van der Waals surface area contributed by atoms with Crippen LogP contribution in [-0.2, 0) is 6.54 Å². The number of anilines is 1. The number of methoxy groups -OCH3 is 2. The maximum Gasteiger partial charge on any atom is 0.291 e. The van der Waals surface area contributed by atoms with Gasteiger partial charge in [0, 0.05) is 23.4 Å². The van der Waals surface area contributed by atoms with Crippen LogP contribution in [0.15, 0.2) is 59.2 Å². The number of nitrogens with one attached hydrogen (secondary N) is 2. The number of furan rings is 1. The minimum Gasteiger partial charge on any atom is -0.496 e. The fraction of sp³-hybridized carbons (Fsp3) is 0.182. The molecule has 0 bridgehead atoms. The Balaban J connectivity index is 1.61. The zero-order chi connectivity index (χ0) is 20.8. The largest absolute Gasteiger partial charge is 0.496 e. The molecule has 0 fully saturated rings. The van der Waals surface area contributed by atoms with Crippen molar-refractivity contribution in [1.82, 2.24) is 5.32 Å². The standard InChI is InChI=1S/C22H22N2O5/c1-14-19(27-2)11-16(12-20(14)28-3)21(25)23-13-15-6-8-17(9-7-15)24-22(26)18-5-4-10-29-18/h4-12H,13H2,1-3H3,(H,23,25)(H,24,26).